The first kappa shape index (κ1) is 73.6. The van der Waals surface area contributed by atoms with E-state index in [1.165, 1.54) is 30.9 Å². The quantitative estimate of drug-likeness (QED) is 0.0177. The number of unbranched alkanes of at least 4 members (excludes halogenated alkanes) is 2. The van der Waals surface area contributed by atoms with Crippen LogP contribution in [0.2, 0.25) is 5.02 Å². The van der Waals surface area contributed by atoms with Gasteiger partial charge in [0.1, 0.15) is 41.3 Å². The van der Waals surface area contributed by atoms with Gasteiger partial charge in [0.25, 0.3) is 5.91 Å². The van der Waals surface area contributed by atoms with Gasteiger partial charge in [0.2, 0.25) is 11.8 Å². The highest BCUT2D eigenvalue weighted by atomic mass is 79.9. The summed E-state index contributed by atoms with van der Waals surface area (Å²) in [4.78, 5) is 127. The lowest BCUT2D eigenvalue weighted by Gasteiger charge is -2.41. The molecule has 5 N–H and O–H groups in total. The molecule has 5 amide bonds. The normalized spacial score (nSPS) is 24.7. The van der Waals surface area contributed by atoms with Gasteiger partial charge in [0.05, 0.1) is 55.5 Å². The fourth-order valence-corrected chi connectivity index (χ4v) is 12.4. The van der Waals surface area contributed by atoms with E-state index in [1.54, 1.807) is 51.2 Å². The van der Waals surface area contributed by atoms with Crippen LogP contribution in [-0.4, -0.2) is 177 Å². The Morgan fingerprint density at radius 1 is 1.01 bits per heavy atom. The van der Waals surface area contributed by atoms with Crippen LogP contribution in [0.4, 0.5) is 16.2 Å². The summed E-state index contributed by atoms with van der Waals surface area (Å²) in [6.07, 6.45) is 3.48. The summed E-state index contributed by atoms with van der Waals surface area (Å²) in [7, 11) is 4.49. The molecule has 6 rings (SSSR count). The van der Waals surface area contributed by atoms with Crippen LogP contribution in [0, 0.1) is 24.7 Å². The van der Waals surface area contributed by atoms with Gasteiger partial charge < -0.3 is 64.6 Å². The zero-order chi connectivity index (χ0) is 67.1. The summed E-state index contributed by atoms with van der Waals surface area (Å²) in [6.45, 7) is 18.0. The number of primary amides is 1. The smallest absolute Gasteiger partial charge is 0.334 e. The van der Waals surface area contributed by atoms with E-state index in [9.17, 15) is 48.3 Å². The predicted molar refractivity (Wildman–Crippen MR) is 347 cm³/mol. The van der Waals surface area contributed by atoms with Crippen LogP contribution in [0.25, 0.3) is 0 Å². The number of Topliss-reactive ketones (excluding diaryl/α,β-unsaturated/α-hetero) is 2. The summed E-state index contributed by atoms with van der Waals surface area (Å²) in [5.41, 5.74) is 6.92. The van der Waals surface area contributed by atoms with Crippen molar-refractivity contribution in [3.63, 3.8) is 0 Å². The number of morpholine rings is 1. The molecule has 4 heterocycles. The molecule has 10 atom stereocenters. The number of benzene rings is 2. The molecule has 3 fully saturated rings. The number of carbonyl (C=O) groups excluding carboxylic acids is 9. The highest BCUT2D eigenvalue weighted by Gasteiger charge is 2.64. The number of amides is 5. The number of ether oxygens (including phenoxy) is 6. The van der Waals surface area contributed by atoms with E-state index in [0.29, 0.717) is 84.9 Å². The van der Waals surface area contributed by atoms with Gasteiger partial charge in [-0.1, -0.05) is 90.8 Å². The fourth-order valence-electron chi connectivity index (χ4n) is 11.9. The Labute approximate surface area is 547 Å². The summed E-state index contributed by atoms with van der Waals surface area (Å²) >= 11 is 10.1. The van der Waals surface area contributed by atoms with E-state index in [0.717, 1.165) is 16.7 Å². The number of ketones is 2. The van der Waals surface area contributed by atoms with Gasteiger partial charge >= 0.3 is 23.9 Å². The van der Waals surface area contributed by atoms with E-state index in [2.05, 4.69) is 33.1 Å². The maximum atomic E-state index is 14.7. The average Bonchev–Trinajstić information content (AvgIpc) is 1.58. The van der Waals surface area contributed by atoms with E-state index in [-0.39, 0.29) is 87.6 Å². The first-order chi connectivity index (χ1) is 43.0. The van der Waals surface area contributed by atoms with Crippen LogP contribution in [0.15, 0.2) is 66.3 Å². The van der Waals surface area contributed by atoms with Gasteiger partial charge in [-0.05, 0) is 107 Å². The number of nitrogens with zero attached hydrogens (tertiary/aromatic N) is 3. The number of alkyl halides is 1. The van der Waals surface area contributed by atoms with Crippen LogP contribution >= 0.6 is 27.5 Å². The number of likely N-dealkylation sites (N-methyl/N-ethyl adjacent to an activating group) is 1. The molecule has 0 saturated carbocycles. The van der Waals surface area contributed by atoms with Gasteiger partial charge in [-0.2, -0.15) is 0 Å². The third-order valence-corrected chi connectivity index (χ3v) is 19.0. The van der Waals surface area contributed by atoms with Crippen molar-refractivity contribution in [3.8, 4) is 0 Å². The van der Waals surface area contributed by atoms with E-state index in [4.69, 9.17) is 45.8 Å². The number of nitrogens with two attached hydrogens (primary N) is 1. The number of esters is 3. The Bertz CT molecular complexity index is 3080. The second kappa shape index (κ2) is 33.4. The Balaban J connectivity index is 1.22. The van der Waals surface area contributed by atoms with Crippen molar-refractivity contribution < 1.29 is 76.7 Å². The van der Waals surface area contributed by atoms with Crippen molar-refractivity contribution >= 4 is 92.1 Å². The number of aryl methyl sites for hydroxylation is 1. The zero-order valence-corrected chi connectivity index (χ0v) is 56.5. The molecule has 22 nitrogen and oxygen atoms in total. The summed E-state index contributed by atoms with van der Waals surface area (Å²) in [6, 6.07) is 5.61. The number of hydrogen-bond donors (Lipinski definition) is 4. The number of allylic oxidation sites excluding steroid dienone is 3. The van der Waals surface area contributed by atoms with Crippen LogP contribution in [0.3, 0.4) is 0 Å². The van der Waals surface area contributed by atoms with Gasteiger partial charge in [-0.3, -0.25) is 28.8 Å². The fraction of sp³-hybridized carbons (Fsp3) is 0.597. The molecule has 91 heavy (non-hydrogen) atoms. The standard InChI is InChI=1S/C67H92BrClN6O16/c1-39(2)49(34-48(76)18-13-12-14-26-88-63(82)42(5)38-68)61(80)72-50(19-16-23-71-65(70)84)53(77)33-46-21-22-47(32-51(46)75-24-27-87-28-25-75)62(81)73(9)44(7)64(83)90-56-35-57(78)74(10)52-31-45(30-41(4)59(52)69)29-40(3)17-15-20-55(86-11)67(85)36-54(89-58(79)37-67)43(6)60-66(56,8)91-60/h15,17,20-22,30-32,39,43-44,49-50,54-56,60,85H,5,12-14,16,18-19,23-29,33-38H2,1-4,6-11H3,(H,72,80)(H3,70,71,84)/b20-15+,40-17+/t43-,44+,49+,50+,54+,55-,56+,60+,66+,67-/m1/s1. The topological polar surface area (TPSA) is 292 Å². The van der Waals surface area contributed by atoms with Crippen LogP contribution < -0.4 is 26.2 Å². The van der Waals surface area contributed by atoms with Gasteiger partial charge in [-0.15, -0.1) is 0 Å². The molecular weight excluding hydrogens is 1260 g/mol. The number of rotatable bonds is 26. The Kier molecular flexibility index (Phi) is 27.0. The lowest BCUT2D eigenvalue weighted by Crippen LogP contribution is -2.53. The molecule has 2 aromatic rings. The number of halogens is 2. The maximum absolute atomic E-state index is 14.7. The maximum Gasteiger partial charge on any atom is 0.334 e. The highest BCUT2D eigenvalue weighted by Crippen LogP contribution is 2.50. The number of hydrogen-bond acceptors (Lipinski definition) is 17. The molecule has 4 aliphatic heterocycles. The van der Waals surface area contributed by atoms with Crippen molar-refractivity contribution in [1.82, 2.24) is 15.5 Å². The van der Waals surface area contributed by atoms with Crippen LogP contribution in [0.5, 0.6) is 0 Å². The molecule has 24 heteroatoms. The molecule has 4 aliphatic rings. The second-order valence-electron chi connectivity index (χ2n) is 25.1. The minimum Gasteiger partial charge on any atom is -0.462 e. The minimum atomic E-state index is -1.65. The average molecular weight is 1350 g/mol. The van der Waals surface area contributed by atoms with Crippen molar-refractivity contribution in [3.05, 3.63) is 93.6 Å². The molecular formula is C67H92BrClN6O16. The number of anilines is 2. The van der Waals surface area contributed by atoms with Crippen molar-refractivity contribution in [2.75, 3.05) is 75.8 Å². The van der Waals surface area contributed by atoms with E-state index >= 15 is 0 Å². The molecule has 0 radical (unpaired) electrons. The highest BCUT2D eigenvalue weighted by molar-refractivity contribution is 9.09. The number of nitrogens with one attached hydrogen (secondary N) is 2. The second-order valence-corrected chi connectivity index (χ2v) is 26.0. The minimum absolute atomic E-state index is 0.00629. The van der Waals surface area contributed by atoms with E-state index < -0.39 is 101 Å². The number of aliphatic hydroxyl groups is 1. The third kappa shape index (κ3) is 19.8. The number of epoxide rings is 1. The first-order valence-corrected chi connectivity index (χ1v) is 32.8. The summed E-state index contributed by atoms with van der Waals surface area (Å²) in [5, 5.41) is 18.2. The number of urea groups is 1. The summed E-state index contributed by atoms with van der Waals surface area (Å²) in [5.74, 6) is -5.57. The largest absolute Gasteiger partial charge is 0.462 e. The molecule has 0 spiro atoms. The SMILES string of the molecule is C=C(CBr)C(=O)OCCCCCC(=O)C[C@H](C(=O)N[C@@H](CCCNC(N)=O)C(=O)Cc1ccc(C(=O)N(C)[C@@H](C)C(=O)O[C@H]2CC(=O)N(C)c3cc(cc(C)c3Cl)C/C(C)=C/C=C/[C@@H](OC)[C@]3(O)CC(=O)O[C@@H](C3)[C@@H](C)[C@@H]3O[C@@]23C)cc1N1CCOCC1)C(C)C. The number of methoxy groups -OCH3 is 1. The molecule has 3 saturated heterocycles. The Hall–Kier alpha value is -6.50. The monoisotopic (exact) mass is 1350 g/mol. The lowest BCUT2D eigenvalue weighted by molar-refractivity contribution is -0.187. The predicted octanol–water partition coefficient (Wildman–Crippen LogP) is 7.55. The Morgan fingerprint density at radius 2 is 1.73 bits per heavy atom. The van der Waals surface area contributed by atoms with E-state index in [1.807, 2.05) is 50.8 Å². The molecule has 2 aromatic carbocycles. The number of fused-ring (bicyclic) bond motifs is 5. The van der Waals surface area contributed by atoms with Crippen molar-refractivity contribution in [2.24, 2.45) is 23.5 Å². The molecule has 500 valence electrons. The first-order valence-electron chi connectivity index (χ1n) is 31.3. The Morgan fingerprint density at radius 3 is 2.40 bits per heavy atom. The van der Waals surface area contributed by atoms with Crippen molar-refractivity contribution in [2.45, 2.75) is 173 Å². The van der Waals surface area contributed by atoms with Crippen LogP contribution in [-0.2, 0) is 74.8 Å². The van der Waals surface area contributed by atoms with Gasteiger partial charge in [0.15, 0.2) is 5.78 Å². The summed E-state index contributed by atoms with van der Waals surface area (Å²) < 4.78 is 35.3. The van der Waals surface area contributed by atoms with Crippen molar-refractivity contribution in [1.29, 1.82) is 0 Å². The zero-order valence-electron chi connectivity index (χ0n) is 54.2. The number of carbonyl (C=O) groups is 9. The molecule has 0 unspecified atom stereocenters. The van der Waals surface area contributed by atoms with Crippen LogP contribution in [0.1, 0.15) is 133 Å². The lowest BCUT2D eigenvalue weighted by atomic mass is 9.78. The van der Waals surface area contributed by atoms with Gasteiger partial charge in [-0.25, -0.2) is 14.4 Å². The third-order valence-electron chi connectivity index (χ3n) is 17.8. The molecule has 4 bridgehead atoms. The molecule has 0 aliphatic carbocycles. The molecule has 0 aromatic heterocycles. The van der Waals surface area contributed by atoms with Gasteiger partial charge in [0, 0.05) is 101 Å².